The van der Waals surface area contributed by atoms with Crippen LogP contribution in [0.1, 0.15) is 116 Å². The number of imide groups is 1. The number of para-hydroxylation sites is 1. The highest BCUT2D eigenvalue weighted by atomic mass is 32.2. The first-order valence-electron chi connectivity index (χ1n) is 22.0. The number of ether oxygens (including phenoxy) is 1. The van der Waals surface area contributed by atoms with E-state index in [1.807, 2.05) is 78.5 Å². The summed E-state index contributed by atoms with van der Waals surface area (Å²) >= 11 is 1.81. The van der Waals surface area contributed by atoms with Crippen LogP contribution < -0.4 is 21.1 Å². The molecule has 5 heterocycles. The highest BCUT2D eigenvalue weighted by Crippen LogP contribution is 2.41. The van der Waals surface area contributed by atoms with Crippen LogP contribution >= 0.6 is 11.8 Å². The summed E-state index contributed by atoms with van der Waals surface area (Å²) in [5.41, 5.74) is 9.59. The summed E-state index contributed by atoms with van der Waals surface area (Å²) in [6.45, 7) is 4.58. The van der Waals surface area contributed by atoms with E-state index in [-0.39, 0.29) is 30.2 Å². The fraction of sp³-hybridized carbons (Fsp3) is 0.468. The highest BCUT2D eigenvalue weighted by molar-refractivity contribution is 7.99. The number of aromatic nitrogens is 2. The van der Waals surface area contributed by atoms with Crippen LogP contribution in [-0.2, 0) is 16.1 Å². The molecule has 2 fully saturated rings. The molecule has 4 aliphatic rings. The summed E-state index contributed by atoms with van der Waals surface area (Å²) < 4.78 is 8.04. The van der Waals surface area contributed by atoms with Gasteiger partial charge >= 0.3 is 0 Å². The van der Waals surface area contributed by atoms with Gasteiger partial charge in [-0.1, -0.05) is 62.8 Å². The van der Waals surface area contributed by atoms with Crippen molar-refractivity contribution in [2.24, 2.45) is 11.7 Å². The maximum atomic E-state index is 13.1. The van der Waals surface area contributed by atoms with Crippen LogP contribution in [0.4, 0.5) is 5.82 Å². The quantitative estimate of drug-likeness (QED) is 0.0512. The molecule has 12 nitrogen and oxygen atoms in total. The lowest BCUT2D eigenvalue weighted by Crippen LogP contribution is -2.52. The minimum atomic E-state index is -0.579. The molecule has 2 saturated heterocycles. The number of piperidine rings is 2. The molecule has 0 saturated carbocycles. The molecule has 60 heavy (non-hydrogen) atoms. The monoisotopic (exact) mass is 831 g/mol. The second-order valence-corrected chi connectivity index (χ2v) is 17.8. The Morgan fingerprint density at radius 2 is 1.53 bits per heavy atom. The third-order valence-electron chi connectivity index (χ3n) is 12.7. The van der Waals surface area contributed by atoms with Gasteiger partial charge in [-0.15, -0.1) is 11.8 Å². The van der Waals surface area contributed by atoms with Crippen LogP contribution in [0.25, 0.3) is 11.3 Å². The molecule has 4 aromatic rings. The number of thioether (sulfide) groups is 1. The van der Waals surface area contributed by atoms with E-state index in [1.165, 1.54) is 44.9 Å². The van der Waals surface area contributed by atoms with Gasteiger partial charge in [-0.2, -0.15) is 5.10 Å². The zero-order chi connectivity index (χ0) is 41.4. The van der Waals surface area contributed by atoms with E-state index >= 15 is 0 Å². The Morgan fingerprint density at radius 3 is 2.27 bits per heavy atom. The smallest absolute Gasteiger partial charge is 0.255 e. The minimum Gasteiger partial charge on any atom is -0.457 e. The molecule has 4 N–H and O–H groups in total. The molecular formula is C47H57N7O5S. The van der Waals surface area contributed by atoms with Crippen molar-refractivity contribution in [3.63, 3.8) is 0 Å². The van der Waals surface area contributed by atoms with E-state index in [0.717, 1.165) is 85.2 Å². The molecule has 316 valence electrons. The predicted octanol–water partition coefficient (Wildman–Crippen LogP) is 8.18. The fourth-order valence-corrected chi connectivity index (χ4v) is 10.5. The third-order valence-corrected chi connectivity index (χ3v) is 13.8. The van der Waals surface area contributed by atoms with Gasteiger partial charge in [0, 0.05) is 35.5 Å². The number of likely N-dealkylation sites (tertiary alicyclic amines) is 1. The number of benzene rings is 3. The van der Waals surface area contributed by atoms with Gasteiger partial charge in [0.15, 0.2) is 0 Å². The molecule has 13 heteroatoms. The molecule has 0 aliphatic carbocycles. The number of carbonyl (C=O) groups is 4. The first-order chi connectivity index (χ1) is 29.3. The zero-order valence-corrected chi connectivity index (χ0v) is 35.2. The molecule has 3 aromatic carbocycles. The number of primary amides is 1. The fourth-order valence-electron chi connectivity index (χ4n) is 9.41. The molecule has 0 radical (unpaired) electrons. The highest BCUT2D eigenvalue weighted by Gasteiger charge is 2.40. The number of hydrogen-bond donors (Lipinski definition) is 3. The number of rotatable bonds is 18. The predicted molar refractivity (Wildman–Crippen MR) is 234 cm³/mol. The van der Waals surface area contributed by atoms with Gasteiger partial charge < -0.3 is 25.6 Å². The number of carbonyl (C=O) groups excluding carboxylic acids is 4. The van der Waals surface area contributed by atoms with Crippen molar-refractivity contribution in [1.82, 2.24) is 24.9 Å². The average Bonchev–Trinajstić information content (AvgIpc) is 3.82. The Hall–Kier alpha value is -5.14. The maximum absolute atomic E-state index is 13.1. The Morgan fingerprint density at radius 1 is 0.817 bits per heavy atom. The van der Waals surface area contributed by atoms with Crippen LogP contribution in [0.15, 0.2) is 77.7 Å². The van der Waals surface area contributed by atoms with Crippen LogP contribution in [0.5, 0.6) is 11.5 Å². The van der Waals surface area contributed by atoms with Crippen molar-refractivity contribution in [1.29, 1.82) is 0 Å². The number of nitrogens with one attached hydrogen (secondary N) is 2. The van der Waals surface area contributed by atoms with E-state index in [2.05, 4.69) is 26.3 Å². The van der Waals surface area contributed by atoms with Gasteiger partial charge in [0.2, 0.25) is 11.8 Å². The van der Waals surface area contributed by atoms with Crippen molar-refractivity contribution in [2.45, 2.75) is 107 Å². The van der Waals surface area contributed by atoms with Crippen LogP contribution in [0.2, 0.25) is 0 Å². The molecular weight excluding hydrogens is 775 g/mol. The number of nitrogens with zero attached hydrogens (tertiary/aromatic N) is 4. The number of anilines is 1. The van der Waals surface area contributed by atoms with Crippen LogP contribution in [0.3, 0.4) is 0 Å². The number of unbranched alkanes of at least 4 members (excludes halogenated alkanes) is 7. The van der Waals surface area contributed by atoms with Crippen molar-refractivity contribution in [3.8, 4) is 22.8 Å². The van der Waals surface area contributed by atoms with Crippen LogP contribution in [-0.4, -0.2) is 81.2 Å². The van der Waals surface area contributed by atoms with Crippen molar-refractivity contribution >= 4 is 41.2 Å². The molecule has 2 atom stereocenters. The lowest BCUT2D eigenvalue weighted by Gasteiger charge is -2.38. The van der Waals surface area contributed by atoms with Gasteiger partial charge in [0.05, 0.1) is 6.04 Å². The lowest BCUT2D eigenvalue weighted by atomic mass is 9.86. The van der Waals surface area contributed by atoms with Gasteiger partial charge in [-0.25, -0.2) is 4.68 Å². The maximum Gasteiger partial charge on any atom is 0.255 e. The average molecular weight is 832 g/mol. The summed E-state index contributed by atoms with van der Waals surface area (Å²) in [4.78, 5) is 55.4. The second kappa shape index (κ2) is 19.5. The van der Waals surface area contributed by atoms with E-state index in [4.69, 9.17) is 15.6 Å². The number of amides is 4. The Labute approximate surface area is 357 Å². The van der Waals surface area contributed by atoms with Gasteiger partial charge in [0.1, 0.15) is 34.6 Å². The first-order valence-corrected chi connectivity index (χ1v) is 22.9. The number of nitrogens with two attached hydrogens (primary N) is 1. The Balaban J connectivity index is 0.714. The van der Waals surface area contributed by atoms with Crippen LogP contribution in [0, 0.1) is 5.92 Å². The van der Waals surface area contributed by atoms with E-state index < -0.39 is 11.9 Å². The normalized spacial score (nSPS) is 19.5. The van der Waals surface area contributed by atoms with Crippen molar-refractivity contribution < 1.29 is 23.9 Å². The van der Waals surface area contributed by atoms with Crippen molar-refractivity contribution in [3.05, 3.63) is 89.5 Å². The lowest BCUT2D eigenvalue weighted by molar-refractivity contribution is -0.136. The third kappa shape index (κ3) is 9.57. The standard InChI is InChI=1S/C47H57N7O5S/c48-44(56)42-43(33-17-19-35(20-18-33)59-34-13-8-7-9-14-34)51-54-38(23-26-49-45(42)54)32-24-28-52(29-25-32)27-10-5-3-1-2-4-6-11-30-60-40-16-12-15-36-37(40)31-53(47(36)58)39-21-22-41(55)50-46(39)57/h7-9,12-20,32,38-39,49H,1-6,10-11,21-31H2,(H2,48,56)(H,50,55,57). The van der Waals surface area contributed by atoms with Crippen molar-refractivity contribution in [2.75, 3.05) is 37.2 Å². The molecule has 4 amide bonds. The Kier molecular flexibility index (Phi) is 13.5. The van der Waals surface area contributed by atoms with Gasteiger partial charge in [-0.3, -0.25) is 24.5 Å². The number of hydrogen-bond acceptors (Lipinski definition) is 9. The Bertz CT molecular complexity index is 2150. The van der Waals surface area contributed by atoms with E-state index in [1.54, 1.807) is 4.90 Å². The largest absolute Gasteiger partial charge is 0.457 e. The van der Waals surface area contributed by atoms with Gasteiger partial charge in [0.25, 0.3) is 11.8 Å². The summed E-state index contributed by atoms with van der Waals surface area (Å²) in [5.74, 6) is 2.53. The summed E-state index contributed by atoms with van der Waals surface area (Å²) in [7, 11) is 0. The SMILES string of the molecule is NC(=O)c1c(-c2ccc(Oc3ccccc3)cc2)nn2c1NCCC2C1CCN(CCCCCCCCCCSc2cccc3c2CN(C2CCC(=O)NC2=O)C3=O)CC1. The molecule has 0 bridgehead atoms. The summed E-state index contributed by atoms with van der Waals surface area (Å²) in [6, 6.07) is 22.9. The molecule has 1 aromatic heterocycles. The molecule has 4 aliphatic heterocycles. The molecule has 0 spiro atoms. The molecule has 8 rings (SSSR count). The second-order valence-electron chi connectivity index (χ2n) is 16.6. The number of fused-ring (bicyclic) bond motifs is 2. The minimum absolute atomic E-state index is 0.111. The van der Waals surface area contributed by atoms with Gasteiger partial charge in [-0.05, 0) is 124 Å². The van der Waals surface area contributed by atoms with E-state index in [0.29, 0.717) is 41.5 Å². The first kappa shape index (κ1) is 41.6. The zero-order valence-electron chi connectivity index (χ0n) is 34.4. The topological polar surface area (TPSA) is 152 Å². The summed E-state index contributed by atoms with van der Waals surface area (Å²) in [6.07, 6.45) is 13.8. The van der Waals surface area contributed by atoms with E-state index in [9.17, 15) is 19.2 Å². The molecule has 2 unspecified atom stereocenters. The summed E-state index contributed by atoms with van der Waals surface area (Å²) in [5, 5.41) is 10.9.